The van der Waals surface area contributed by atoms with Crippen LogP contribution in [0, 0.1) is 0 Å². The van der Waals surface area contributed by atoms with Gasteiger partial charge in [-0.25, -0.2) is 0 Å². The summed E-state index contributed by atoms with van der Waals surface area (Å²) in [4.78, 5) is 12.0. The second-order valence-corrected chi connectivity index (χ2v) is 16.3. The number of anilines is 1. The fourth-order valence-electron chi connectivity index (χ4n) is 4.24. The SMILES string of the molecule is C/C(=C\P(Br)(c1ccccc1)(c1ccccc1)c1ccccc1)Nc1ccccc1C(N)=O. The van der Waals surface area contributed by atoms with Crippen LogP contribution >= 0.6 is 20.8 Å². The van der Waals surface area contributed by atoms with Crippen LogP contribution in [0.25, 0.3) is 0 Å². The van der Waals surface area contributed by atoms with Crippen LogP contribution in [0.15, 0.2) is 127 Å². The van der Waals surface area contributed by atoms with Crippen molar-refractivity contribution in [3.8, 4) is 0 Å². The van der Waals surface area contributed by atoms with E-state index in [9.17, 15) is 4.79 Å². The third-order valence-electron chi connectivity index (χ3n) is 5.74. The third-order valence-corrected chi connectivity index (χ3v) is 14.8. The third kappa shape index (κ3) is 4.25. The molecule has 0 aliphatic heterocycles. The molecule has 0 aliphatic rings. The fourth-order valence-corrected chi connectivity index (χ4v) is 11.7. The Bertz CT molecular complexity index is 1190. The van der Waals surface area contributed by atoms with Crippen molar-refractivity contribution >= 4 is 48.3 Å². The summed E-state index contributed by atoms with van der Waals surface area (Å²) in [6.45, 7) is 2.02. The van der Waals surface area contributed by atoms with Crippen LogP contribution in [0.2, 0.25) is 0 Å². The predicted octanol–water partition coefficient (Wildman–Crippen LogP) is 5.90. The molecule has 0 aliphatic carbocycles. The van der Waals surface area contributed by atoms with Crippen LogP contribution in [0.1, 0.15) is 17.3 Å². The molecule has 3 nitrogen and oxygen atoms in total. The van der Waals surface area contributed by atoms with Gasteiger partial charge in [0, 0.05) is 0 Å². The van der Waals surface area contributed by atoms with E-state index < -0.39 is 11.2 Å². The van der Waals surface area contributed by atoms with Crippen LogP contribution < -0.4 is 27.0 Å². The van der Waals surface area contributed by atoms with E-state index in [1.807, 2.05) is 43.3 Å². The molecule has 33 heavy (non-hydrogen) atoms. The Morgan fingerprint density at radius 1 is 0.727 bits per heavy atom. The van der Waals surface area contributed by atoms with Crippen molar-refractivity contribution in [1.29, 1.82) is 0 Å². The molecule has 1 amide bonds. The summed E-state index contributed by atoms with van der Waals surface area (Å²) in [6, 6.07) is 38.9. The molecule has 0 fully saturated rings. The zero-order chi connectivity index (χ0) is 23.3. The molecule has 0 radical (unpaired) electrons. The van der Waals surface area contributed by atoms with Gasteiger partial charge in [-0.2, -0.15) is 0 Å². The van der Waals surface area contributed by atoms with Gasteiger partial charge in [0.2, 0.25) is 0 Å². The number of hydrogen-bond donors (Lipinski definition) is 2. The summed E-state index contributed by atoms with van der Waals surface area (Å²) < 4.78 is 0. The number of nitrogens with two attached hydrogens (primary N) is 1. The Balaban J connectivity index is 2.01. The average molecular weight is 517 g/mol. The van der Waals surface area contributed by atoms with E-state index in [4.69, 9.17) is 5.73 Å². The van der Waals surface area contributed by atoms with Crippen LogP contribution in [-0.2, 0) is 0 Å². The second kappa shape index (κ2) is 9.35. The van der Waals surface area contributed by atoms with E-state index in [2.05, 4.69) is 99.4 Å². The van der Waals surface area contributed by atoms with Gasteiger partial charge < -0.3 is 0 Å². The van der Waals surface area contributed by atoms with Gasteiger partial charge in [0.15, 0.2) is 0 Å². The molecule has 4 aromatic rings. The molecule has 4 aromatic carbocycles. The molecule has 3 N–H and O–H groups in total. The maximum absolute atomic E-state index is 12.0. The monoisotopic (exact) mass is 516 g/mol. The van der Waals surface area contributed by atoms with Crippen LogP contribution in [0.3, 0.4) is 0 Å². The van der Waals surface area contributed by atoms with E-state index in [1.54, 1.807) is 6.07 Å². The number of halogens is 1. The van der Waals surface area contributed by atoms with Gasteiger partial charge >= 0.3 is 203 Å². The molecule has 0 bridgehead atoms. The normalized spacial score (nSPS) is 13.0. The molecule has 0 saturated heterocycles. The molecular formula is C28H26BrN2OP. The van der Waals surface area contributed by atoms with Crippen molar-refractivity contribution in [2.75, 3.05) is 5.32 Å². The summed E-state index contributed by atoms with van der Waals surface area (Å²) >= 11 is 4.40. The maximum atomic E-state index is 12.0. The molecule has 0 aromatic heterocycles. The van der Waals surface area contributed by atoms with Crippen LogP contribution in [-0.4, -0.2) is 5.91 Å². The zero-order valence-electron chi connectivity index (χ0n) is 18.4. The van der Waals surface area contributed by atoms with Gasteiger partial charge in [0.05, 0.1) is 0 Å². The number of nitrogens with one attached hydrogen (secondary N) is 1. The minimum absolute atomic E-state index is 0.458. The van der Waals surface area contributed by atoms with E-state index >= 15 is 0 Å². The molecule has 0 unspecified atom stereocenters. The predicted molar refractivity (Wildman–Crippen MR) is 146 cm³/mol. The number of primary amides is 1. The van der Waals surface area contributed by atoms with Crippen molar-refractivity contribution in [2.45, 2.75) is 6.92 Å². The Hall–Kier alpha value is -3.20. The second-order valence-electron chi connectivity index (χ2n) is 7.93. The van der Waals surface area contributed by atoms with Crippen molar-refractivity contribution in [2.24, 2.45) is 5.73 Å². The molecule has 0 atom stereocenters. The van der Waals surface area contributed by atoms with Crippen LogP contribution in [0.4, 0.5) is 5.69 Å². The minimum atomic E-state index is -3.23. The Kier molecular flexibility index (Phi) is 6.51. The molecule has 0 heterocycles. The van der Waals surface area contributed by atoms with Crippen molar-refractivity contribution < 1.29 is 4.79 Å². The average Bonchev–Trinajstić information content (AvgIpc) is 2.86. The van der Waals surface area contributed by atoms with Gasteiger partial charge in [0.25, 0.3) is 0 Å². The number of hydrogen-bond acceptors (Lipinski definition) is 2. The summed E-state index contributed by atoms with van der Waals surface area (Å²) in [6.07, 6.45) is 0. The van der Waals surface area contributed by atoms with E-state index in [0.717, 1.165) is 5.70 Å². The van der Waals surface area contributed by atoms with Crippen LogP contribution in [0.5, 0.6) is 0 Å². The Morgan fingerprint density at radius 2 is 1.12 bits per heavy atom. The first-order valence-corrected chi connectivity index (χ1v) is 15.0. The zero-order valence-corrected chi connectivity index (χ0v) is 20.8. The fraction of sp³-hybridized carbons (Fsp3) is 0.0357. The molecule has 4 rings (SSSR count). The summed E-state index contributed by atoms with van der Waals surface area (Å²) in [5.41, 5.74) is 7.67. The summed E-state index contributed by atoms with van der Waals surface area (Å²) in [5.74, 6) is 1.83. The topological polar surface area (TPSA) is 55.1 Å². The van der Waals surface area contributed by atoms with E-state index in [1.165, 1.54) is 15.9 Å². The molecule has 0 spiro atoms. The number of carbonyl (C=O) groups is 1. The van der Waals surface area contributed by atoms with Gasteiger partial charge in [-0.05, 0) is 0 Å². The molecule has 0 saturated carbocycles. The molecule has 5 heteroatoms. The van der Waals surface area contributed by atoms with Crippen molar-refractivity contribution in [1.82, 2.24) is 0 Å². The summed E-state index contributed by atoms with van der Waals surface area (Å²) in [7, 11) is 0. The number of para-hydroxylation sites is 1. The van der Waals surface area contributed by atoms with Gasteiger partial charge in [-0.15, -0.1) is 0 Å². The molecule has 166 valence electrons. The van der Waals surface area contributed by atoms with E-state index in [-0.39, 0.29) is 0 Å². The van der Waals surface area contributed by atoms with Gasteiger partial charge in [-0.1, -0.05) is 0 Å². The molecular weight excluding hydrogens is 491 g/mol. The first kappa shape index (κ1) is 23.0. The summed E-state index contributed by atoms with van der Waals surface area (Å²) in [5, 5.41) is 3.77. The first-order chi connectivity index (χ1) is 15.9. The van der Waals surface area contributed by atoms with Crippen molar-refractivity contribution in [3.05, 3.63) is 132 Å². The van der Waals surface area contributed by atoms with Gasteiger partial charge in [0.1, 0.15) is 0 Å². The number of allylic oxidation sites excluding steroid dienone is 1. The Morgan fingerprint density at radius 3 is 1.55 bits per heavy atom. The quantitative estimate of drug-likeness (QED) is 0.300. The Labute approximate surface area is 203 Å². The van der Waals surface area contributed by atoms with Crippen molar-refractivity contribution in [3.63, 3.8) is 0 Å². The van der Waals surface area contributed by atoms with E-state index in [0.29, 0.717) is 11.3 Å². The number of carbonyl (C=O) groups excluding carboxylic acids is 1. The first-order valence-electron chi connectivity index (χ1n) is 10.7. The van der Waals surface area contributed by atoms with Gasteiger partial charge in [-0.3, -0.25) is 0 Å². The number of benzene rings is 4. The number of amides is 1. The number of rotatable bonds is 7. The standard InChI is InChI=1S/C28H26BrN2OP/c1-22(31-27-20-12-11-19-26(27)28(30)32)21-33(29,23-13-5-2-6-14-23,24-15-7-3-8-16-24)25-17-9-4-10-18-25/h2-21,31H,1H3,(H2,30,32)/b22-21+.